The van der Waals surface area contributed by atoms with E-state index in [9.17, 15) is 5.11 Å². The van der Waals surface area contributed by atoms with Crippen molar-refractivity contribution in [2.75, 3.05) is 0 Å². The van der Waals surface area contributed by atoms with Gasteiger partial charge in [-0.2, -0.15) is 0 Å². The minimum absolute atomic E-state index is 0. The van der Waals surface area contributed by atoms with E-state index < -0.39 is 0 Å². The fourth-order valence-corrected chi connectivity index (χ4v) is 1.11. The first-order valence-electron chi connectivity index (χ1n) is 3.80. The Labute approximate surface area is 75.1 Å². The van der Waals surface area contributed by atoms with Crippen LogP contribution < -0.4 is 0 Å². The second kappa shape index (κ2) is 3.61. The standard InChI is InChI=1S/C10H14O.CH4/c1-10(2,3)8-6-4-5-7-9(8)11;/h4-7,11H,1-3H3;1H4. The van der Waals surface area contributed by atoms with Crippen LogP contribution in [0, 0.1) is 0 Å². The number of aromatic hydroxyl groups is 1. The number of para-hydroxylation sites is 1. The molecule has 0 amide bonds. The summed E-state index contributed by atoms with van der Waals surface area (Å²) in [5.74, 6) is 0.389. The molecule has 0 spiro atoms. The van der Waals surface area contributed by atoms with Crippen LogP contribution in [0.25, 0.3) is 0 Å². The summed E-state index contributed by atoms with van der Waals surface area (Å²) in [5, 5.41) is 9.45. The van der Waals surface area contributed by atoms with Gasteiger partial charge in [0.1, 0.15) is 5.75 Å². The summed E-state index contributed by atoms with van der Waals surface area (Å²) in [4.78, 5) is 0. The van der Waals surface area contributed by atoms with E-state index in [1.807, 2.05) is 18.2 Å². The summed E-state index contributed by atoms with van der Waals surface area (Å²) < 4.78 is 0. The summed E-state index contributed by atoms with van der Waals surface area (Å²) in [7, 11) is 0. The maximum atomic E-state index is 9.45. The average Bonchev–Trinajstić information content (AvgIpc) is 1.86. The molecular weight excluding hydrogens is 148 g/mol. The lowest BCUT2D eigenvalue weighted by Gasteiger charge is -2.19. The van der Waals surface area contributed by atoms with E-state index in [0.29, 0.717) is 5.75 Å². The first-order chi connectivity index (χ1) is 5.02. The number of rotatable bonds is 0. The van der Waals surface area contributed by atoms with Gasteiger partial charge in [0.15, 0.2) is 0 Å². The highest BCUT2D eigenvalue weighted by atomic mass is 16.3. The zero-order valence-corrected chi connectivity index (χ0v) is 7.26. The Balaban J connectivity index is 0.00000121. The average molecular weight is 166 g/mol. The summed E-state index contributed by atoms with van der Waals surface area (Å²) in [6.07, 6.45) is 0. The lowest BCUT2D eigenvalue weighted by molar-refractivity contribution is 0.447. The Morgan fingerprint density at radius 3 is 1.92 bits per heavy atom. The molecule has 68 valence electrons. The first-order valence-corrected chi connectivity index (χ1v) is 3.80. The van der Waals surface area contributed by atoms with Gasteiger partial charge in [-0.05, 0) is 17.0 Å². The molecule has 1 rings (SSSR count). The van der Waals surface area contributed by atoms with Gasteiger partial charge in [0.05, 0.1) is 0 Å². The molecule has 0 aliphatic rings. The lowest BCUT2D eigenvalue weighted by Crippen LogP contribution is -2.10. The van der Waals surface area contributed by atoms with Crippen molar-refractivity contribution in [2.45, 2.75) is 33.6 Å². The van der Waals surface area contributed by atoms with Crippen LogP contribution in [-0.4, -0.2) is 5.11 Å². The quantitative estimate of drug-likeness (QED) is 0.626. The maximum absolute atomic E-state index is 9.45. The second-order valence-electron chi connectivity index (χ2n) is 3.77. The third-order valence-corrected chi connectivity index (χ3v) is 1.71. The highest BCUT2D eigenvalue weighted by Crippen LogP contribution is 2.29. The molecule has 0 saturated heterocycles. The normalized spacial score (nSPS) is 10.6. The Morgan fingerprint density at radius 2 is 1.58 bits per heavy atom. The highest BCUT2D eigenvalue weighted by molar-refractivity contribution is 5.36. The zero-order chi connectivity index (χ0) is 8.48. The van der Waals surface area contributed by atoms with Gasteiger partial charge < -0.3 is 5.11 Å². The molecule has 12 heavy (non-hydrogen) atoms. The largest absolute Gasteiger partial charge is 0.508 e. The monoisotopic (exact) mass is 166 g/mol. The van der Waals surface area contributed by atoms with Crippen molar-refractivity contribution in [2.24, 2.45) is 0 Å². The van der Waals surface area contributed by atoms with Gasteiger partial charge >= 0.3 is 0 Å². The van der Waals surface area contributed by atoms with Crippen molar-refractivity contribution in [3.63, 3.8) is 0 Å². The van der Waals surface area contributed by atoms with Crippen LogP contribution in [0.3, 0.4) is 0 Å². The third kappa shape index (κ3) is 2.26. The molecular formula is C11H18O. The Hall–Kier alpha value is -0.980. The molecule has 0 aliphatic carbocycles. The molecule has 0 atom stereocenters. The third-order valence-electron chi connectivity index (χ3n) is 1.71. The van der Waals surface area contributed by atoms with E-state index in [1.54, 1.807) is 6.07 Å². The van der Waals surface area contributed by atoms with Gasteiger partial charge in [-0.1, -0.05) is 46.4 Å². The Kier molecular flexibility index (Phi) is 3.32. The van der Waals surface area contributed by atoms with E-state index in [1.165, 1.54) is 0 Å². The molecule has 0 bridgehead atoms. The molecule has 1 heteroatoms. The van der Waals surface area contributed by atoms with Crippen molar-refractivity contribution >= 4 is 0 Å². The predicted octanol–water partition coefficient (Wildman–Crippen LogP) is 3.33. The molecule has 0 unspecified atom stereocenters. The van der Waals surface area contributed by atoms with Crippen molar-refractivity contribution in [3.8, 4) is 5.75 Å². The van der Waals surface area contributed by atoms with Gasteiger partial charge in [-0.25, -0.2) is 0 Å². The van der Waals surface area contributed by atoms with Crippen molar-refractivity contribution in [1.29, 1.82) is 0 Å². The van der Waals surface area contributed by atoms with Gasteiger partial charge in [0.2, 0.25) is 0 Å². The zero-order valence-electron chi connectivity index (χ0n) is 7.26. The molecule has 0 radical (unpaired) electrons. The molecule has 1 aromatic carbocycles. The van der Waals surface area contributed by atoms with Gasteiger partial charge in [0, 0.05) is 0 Å². The van der Waals surface area contributed by atoms with Crippen LogP contribution in [0.5, 0.6) is 5.75 Å². The maximum Gasteiger partial charge on any atom is 0.119 e. The molecule has 0 aromatic heterocycles. The van der Waals surface area contributed by atoms with E-state index in [4.69, 9.17) is 0 Å². The van der Waals surface area contributed by atoms with Crippen molar-refractivity contribution in [3.05, 3.63) is 29.8 Å². The van der Waals surface area contributed by atoms with E-state index in [0.717, 1.165) is 5.56 Å². The van der Waals surface area contributed by atoms with Crippen LogP contribution in [-0.2, 0) is 5.41 Å². The number of phenols is 1. The highest BCUT2D eigenvalue weighted by Gasteiger charge is 2.16. The van der Waals surface area contributed by atoms with Crippen LogP contribution in [0.2, 0.25) is 0 Å². The summed E-state index contributed by atoms with van der Waals surface area (Å²) in [5.41, 5.74) is 1.03. The van der Waals surface area contributed by atoms with Gasteiger partial charge in [0.25, 0.3) is 0 Å². The van der Waals surface area contributed by atoms with Crippen molar-refractivity contribution < 1.29 is 5.11 Å². The Morgan fingerprint density at radius 1 is 1.08 bits per heavy atom. The second-order valence-corrected chi connectivity index (χ2v) is 3.77. The minimum atomic E-state index is 0. The van der Waals surface area contributed by atoms with Crippen LogP contribution in [0.1, 0.15) is 33.8 Å². The predicted molar refractivity (Wildman–Crippen MR) is 53.5 cm³/mol. The topological polar surface area (TPSA) is 20.2 Å². The molecule has 0 heterocycles. The van der Waals surface area contributed by atoms with Crippen LogP contribution in [0.4, 0.5) is 0 Å². The molecule has 1 aromatic rings. The lowest BCUT2D eigenvalue weighted by atomic mass is 9.86. The van der Waals surface area contributed by atoms with E-state index >= 15 is 0 Å². The molecule has 0 aliphatic heterocycles. The summed E-state index contributed by atoms with van der Waals surface area (Å²) in [6, 6.07) is 7.46. The van der Waals surface area contributed by atoms with E-state index in [-0.39, 0.29) is 12.8 Å². The number of benzene rings is 1. The first kappa shape index (κ1) is 11.0. The van der Waals surface area contributed by atoms with Gasteiger partial charge in [-0.15, -0.1) is 0 Å². The molecule has 1 N–H and O–H groups in total. The van der Waals surface area contributed by atoms with Crippen molar-refractivity contribution in [1.82, 2.24) is 0 Å². The fraction of sp³-hybridized carbons (Fsp3) is 0.455. The number of hydrogen-bond donors (Lipinski definition) is 1. The molecule has 1 nitrogen and oxygen atoms in total. The SMILES string of the molecule is C.CC(C)(C)c1ccccc1O. The smallest absolute Gasteiger partial charge is 0.119 e. The van der Waals surface area contributed by atoms with E-state index in [2.05, 4.69) is 20.8 Å². The van der Waals surface area contributed by atoms with Crippen LogP contribution in [0.15, 0.2) is 24.3 Å². The Bertz CT molecular complexity index is 245. The molecule has 0 saturated carbocycles. The number of phenolic OH excluding ortho intramolecular Hbond substituents is 1. The summed E-state index contributed by atoms with van der Waals surface area (Å²) in [6.45, 7) is 6.26. The summed E-state index contributed by atoms with van der Waals surface area (Å²) >= 11 is 0. The van der Waals surface area contributed by atoms with Crippen LogP contribution >= 0.6 is 0 Å². The molecule has 0 fully saturated rings. The fourth-order valence-electron chi connectivity index (χ4n) is 1.11. The number of hydrogen-bond acceptors (Lipinski definition) is 1. The minimum Gasteiger partial charge on any atom is -0.508 e. The van der Waals surface area contributed by atoms with Gasteiger partial charge in [-0.3, -0.25) is 0 Å².